The molecule has 6 nitrogen and oxygen atoms in total. The molecule has 1 aromatic carbocycles. The van der Waals surface area contributed by atoms with Gasteiger partial charge in [-0.3, -0.25) is 14.2 Å². The number of nitrogens with zero attached hydrogens (tertiary/aromatic N) is 3. The topological polar surface area (TPSA) is 64.3 Å². The lowest BCUT2D eigenvalue weighted by Crippen LogP contribution is -2.37. The third-order valence-electron chi connectivity index (χ3n) is 3.86. The summed E-state index contributed by atoms with van der Waals surface area (Å²) in [5, 5.41) is 0. The van der Waals surface area contributed by atoms with E-state index in [1.807, 2.05) is 24.3 Å². The summed E-state index contributed by atoms with van der Waals surface area (Å²) in [4.78, 5) is 37.9. The van der Waals surface area contributed by atoms with E-state index in [9.17, 15) is 14.4 Å². The van der Waals surface area contributed by atoms with Gasteiger partial charge in [-0.15, -0.1) is 0 Å². The van der Waals surface area contributed by atoms with Gasteiger partial charge in [0, 0.05) is 32.9 Å². The minimum atomic E-state index is -0.421. The predicted octanol–water partition coefficient (Wildman–Crippen LogP) is 0.601. The van der Waals surface area contributed by atoms with Crippen molar-refractivity contribution < 1.29 is 4.79 Å². The van der Waals surface area contributed by atoms with Gasteiger partial charge in [-0.25, -0.2) is 4.79 Å². The minimum Gasteiger partial charge on any atom is -0.311 e. The van der Waals surface area contributed by atoms with Crippen molar-refractivity contribution in [2.75, 3.05) is 11.9 Å². The number of fused-ring (bicyclic) bond motifs is 1. The fraction of sp³-hybridized carbons (Fsp3) is 0.188. The molecule has 0 aliphatic carbocycles. The zero-order valence-electron chi connectivity index (χ0n) is 12.5. The number of rotatable bonds is 1. The van der Waals surface area contributed by atoms with Crippen molar-refractivity contribution in [1.82, 2.24) is 9.13 Å². The predicted molar refractivity (Wildman–Crippen MR) is 84.6 cm³/mol. The quantitative estimate of drug-likeness (QED) is 0.724. The lowest BCUT2D eigenvalue weighted by Gasteiger charge is -2.08. The molecule has 0 saturated heterocycles. The van der Waals surface area contributed by atoms with E-state index < -0.39 is 11.2 Å². The maximum Gasteiger partial charge on any atom is 0.330 e. The Morgan fingerprint density at radius 2 is 1.68 bits per heavy atom. The van der Waals surface area contributed by atoms with Crippen LogP contribution in [0, 0.1) is 0 Å². The Kier molecular flexibility index (Phi) is 3.09. The van der Waals surface area contributed by atoms with Crippen LogP contribution >= 0.6 is 0 Å². The fourth-order valence-electron chi connectivity index (χ4n) is 2.63. The van der Waals surface area contributed by atoms with Gasteiger partial charge in [0.15, 0.2) is 0 Å². The molecule has 0 radical (unpaired) electrons. The largest absolute Gasteiger partial charge is 0.330 e. The standard InChI is InChI=1S/C16H15N3O3/c1-17-9-10(14(20)19(3)16(17)22)8-12-11-6-4-5-7-13(11)18(2)15(12)21/h4-9H,1-3H3. The van der Waals surface area contributed by atoms with E-state index >= 15 is 0 Å². The van der Waals surface area contributed by atoms with E-state index in [4.69, 9.17) is 0 Å². The zero-order valence-corrected chi connectivity index (χ0v) is 12.5. The highest BCUT2D eigenvalue weighted by atomic mass is 16.2. The highest BCUT2D eigenvalue weighted by Crippen LogP contribution is 2.35. The summed E-state index contributed by atoms with van der Waals surface area (Å²) in [6.45, 7) is 0. The van der Waals surface area contributed by atoms with Crippen molar-refractivity contribution >= 4 is 23.2 Å². The average molecular weight is 297 g/mol. The molecule has 0 atom stereocenters. The molecule has 22 heavy (non-hydrogen) atoms. The maximum absolute atomic E-state index is 12.4. The SMILES string of the molecule is CN1C(=O)C(=Cc2cn(C)c(=O)n(C)c2=O)c2ccccc21. The van der Waals surface area contributed by atoms with E-state index in [2.05, 4.69) is 0 Å². The number of aryl methyl sites for hydroxylation is 1. The summed E-state index contributed by atoms with van der Waals surface area (Å²) in [5.41, 5.74) is 1.52. The van der Waals surface area contributed by atoms with Gasteiger partial charge in [0.1, 0.15) is 0 Å². The first-order chi connectivity index (χ1) is 10.4. The Morgan fingerprint density at radius 1 is 1.00 bits per heavy atom. The number of aromatic nitrogens is 2. The lowest BCUT2D eigenvalue weighted by atomic mass is 10.1. The number of para-hydroxylation sites is 1. The zero-order chi connectivity index (χ0) is 16.0. The van der Waals surface area contributed by atoms with Gasteiger partial charge >= 0.3 is 5.69 Å². The van der Waals surface area contributed by atoms with Crippen LogP contribution in [0.1, 0.15) is 11.1 Å². The van der Waals surface area contributed by atoms with Crippen LogP contribution in [0.25, 0.3) is 11.6 Å². The number of hydrogen-bond acceptors (Lipinski definition) is 3. The van der Waals surface area contributed by atoms with Crippen LogP contribution in [-0.2, 0) is 18.9 Å². The molecular formula is C16H15N3O3. The third kappa shape index (κ3) is 1.92. The summed E-state index contributed by atoms with van der Waals surface area (Å²) in [7, 11) is 4.68. The summed E-state index contributed by atoms with van der Waals surface area (Å²) in [6, 6.07) is 7.40. The summed E-state index contributed by atoms with van der Waals surface area (Å²) >= 11 is 0. The van der Waals surface area contributed by atoms with Crippen molar-refractivity contribution in [3.8, 4) is 0 Å². The van der Waals surface area contributed by atoms with Gasteiger partial charge < -0.3 is 9.47 Å². The van der Waals surface area contributed by atoms with Crippen molar-refractivity contribution in [1.29, 1.82) is 0 Å². The highest BCUT2D eigenvalue weighted by molar-refractivity contribution is 6.35. The Labute approximate surface area is 126 Å². The lowest BCUT2D eigenvalue weighted by molar-refractivity contribution is -0.112. The van der Waals surface area contributed by atoms with E-state index in [0.29, 0.717) is 11.1 Å². The molecule has 0 saturated carbocycles. The molecule has 112 valence electrons. The Balaban J connectivity index is 2.25. The summed E-state index contributed by atoms with van der Waals surface area (Å²) in [6.07, 6.45) is 3.00. The molecule has 3 rings (SSSR count). The molecule has 2 aromatic rings. The first-order valence-electron chi connectivity index (χ1n) is 6.77. The first kappa shape index (κ1) is 14.1. The third-order valence-corrected chi connectivity index (χ3v) is 3.86. The van der Waals surface area contributed by atoms with Crippen molar-refractivity contribution in [2.45, 2.75) is 0 Å². The number of anilines is 1. The minimum absolute atomic E-state index is 0.169. The molecule has 2 heterocycles. The number of carbonyl (C=O) groups excluding carboxylic acids is 1. The molecule has 0 bridgehead atoms. The van der Waals surface area contributed by atoms with E-state index in [-0.39, 0.29) is 5.91 Å². The molecule has 1 aliphatic rings. The van der Waals surface area contributed by atoms with Gasteiger partial charge in [-0.2, -0.15) is 0 Å². The Bertz CT molecular complexity index is 934. The van der Waals surface area contributed by atoms with Crippen LogP contribution < -0.4 is 16.1 Å². The van der Waals surface area contributed by atoms with E-state index in [1.54, 1.807) is 25.1 Å². The average Bonchev–Trinajstić information content (AvgIpc) is 2.76. The maximum atomic E-state index is 12.4. The van der Waals surface area contributed by atoms with Crippen molar-refractivity contribution in [2.24, 2.45) is 14.1 Å². The molecule has 6 heteroatoms. The Morgan fingerprint density at radius 3 is 2.41 bits per heavy atom. The van der Waals surface area contributed by atoms with Crippen LogP contribution in [-0.4, -0.2) is 22.1 Å². The van der Waals surface area contributed by atoms with Gasteiger partial charge in [-0.05, 0) is 12.1 Å². The fourth-order valence-corrected chi connectivity index (χ4v) is 2.63. The van der Waals surface area contributed by atoms with Crippen molar-refractivity contribution in [3.05, 3.63) is 62.4 Å². The second-order valence-electron chi connectivity index (χ2n) is 5.28. The molecule has 1 aromatic heterocycles. The normalized spacial score (nSPS) is 15.5. The second kappa shape index (κ2) is 4.84. The molecule has 0 spiro atoms. The number of amides is 1. The van der Waals surface area contributed by atoms with Gasteiger partial charge in [0.05, 0.1) is 16.8 Å². The van der Waals surface area contributed by atoms with E-state index in [0.717, 1.165) is 15.8 Å². The molecule has 1 aliphatic heterocycles. The molecule has 1 amide bonds. The monoisotopic (exact) mass is 297 g/mol. The molecule has 0 fully saturated rings. The number of carbonyl (C=O) groups is 1. The molecule has 0 unspecified atom stereocenters. The smallest absolute Gasteiger partial charge is 0.311 e. The first-order valence-corrected chi connectivity index (χ1v) is 6.77. The van der Waals surface area contributed by atoms with Gasteiger partial charge in [0.25, 0.3) is 11.5 Å². The highest BCUT2D eigenvalue weighted by Gasteiger charge is 2.29. The van der Waals surface area contributed by atoms with Crippen molar-refractivity contribution in [3.63, 3.8) is 0 Å². The van der Waals surface area contributed by atoms with E-state index in [1.165, 1.54) is 17.8 Å². The van der Waals surface area contributed by atoms with Crippen LogP contribution in [0.2, 0.25) is 0 Å². The Hall–Kier alpha value is -2.89. The van der Waals surface area contributed by atoms with Crippen LogP contribution in [0.15, 0.2) is 40.1 Å². The number of hydrogen-bond donors (Lipinski definition) is 0. The van der Waals surface area contributed by atoms with Crippen LogP contribution in [0.4, 0.5) is 5.69 Å². The van der Waals surface area contributed by atoms with Gasteiger partial charge in [0.2, 0.25) is 0 Å². The molecule has 0 N–H and O–H groups in total. The summed E-state index contributed by atoms with van der Waals surface area (Å²) < 4.78 is 2.35. The number of likely N-dealkylation sites (N-methyl/N-ethyl adjacent to an activating group) is 1. The number of benzene rings is 1. The summed E-state index contributed by atoms with van der Waals surface area (Å²) in [5.74, 6) is -0.169. The molecular weight excluding hydrogens is 282 g/mol. The van der Waals surface area contributed by atoms with Crippen LogP contribution in [0.3, 0.4) is 0 Å². The second-order valence-corrected chi connectivity index (χ2v) is 5.28. The van der Waals surface area contributed by atoms with Gasteiger partial charge in [-0.1, -0.05) is 18.2 Å². The van der Waals surface area contributed by atoms with Crippen LogP contribution in [0.5, 0.6) is 0 Å².